The zero-order valence-electron chi connectivity index (χ0n) is 13.0. The lowest BCUT2D eigenvalue weighted by molar-refractivity contribution is 0.580. The third-order valence-corrected chi connectivity index (χ3v) is 7.22. The molecule has 0 spiro atoms. The normalized spacial score (nSPS) is 15.7. The molecule has 1 aromatic heterocycles. The lowest BCUT2D eigenvalue weighted by Gasteiger charge is -2.10. The third kappa shape index (κ3) is 3.84. The van der Waals surface area contributed by atoms with Gasteiger partial charge in [-0.25, -0.2) is 4.98 Å². The van der Waals surface area contributed by atoms with Crippen LogP contribution in [-0.4, -0.2) is 20.6 Å². The first kappa shape index (κ1) is 17.6. The lowest BCUT2D eigenvalue weighted by Crippen LogP contribution is -2.25. The third-order valence-electron chi connectivity index (χ3n) is 4.02. The van der Waals surface area contributed by atoms with E-state index in [2.05, 4.69) is 30.6 Å². The summed E-state index contributed by atoms with van der Waals surface area (Å²) in [5, 5.41) is 1.05. The molecule has 1 heterocycles. The summed E-state index contributed by atoms with van der Waals surface area (Å²) in [6.07, 6.45) is 2.85. The van der Waals surface area contributed by atoms with Crippen LogP contribution in [0.1, 0.15) is 24.2 Å². The van der Waals surface area contributed by atoms with E-state index in [9.17, 15) is 4.55 Å². The van der Waals surface area contributed by atoms with Crippen LogP contribution >= 0.6 is 39.1 Å². The predicted octanol–water partition coefficient (Wildman–Crippen LogP) is 5.00. The average molecular weight is 459 g/mol. The fourth-order valence-corrected chi connectivity index (χ4v) is 4.39. The maximum absolute atomic E-state index is 12.1. The second-order valence-electron chi connectivity index (χ2n) is 6.05. The fraction of sp³-hybridized carbons (Fsp3) is 0.235. The van der Waals surface area contributed by atoms with Gasteiger partial charge in [0.15, 0.2) is 4.90 Å². The first-order valence-corrected chi connectivity index (χ1v) is 10.5. The van der Waals surface area contributed by atoms with E-state index >= 15 is 0 Å². The van der Waals surface area contributed by atoms with Crippen molar-refractivity contribution in [2.75, 3.05) is 0 Å². The molecule has 1 atom stereocenters. The van der Waals surface area contributed by atoms with Crippen LogP contribution < -0.4 is 4.72 Å². The van der Waals surface area contributed by atoms with Crippen molar-refractivity contribution in [1.82, 2.24) is 14.7 Å². The van der Waals surface area contributed by atoms with Gasteiger partial charge in [-0.3, -0.25) is 0 Å². The van der Waals surface area contributed by atoms with Crippen molar-refractivity contribution >= 4 is 61.5 Å². The van der Waals surface area contributed by atoms with E-state index in [-0.39, 0.29) is 0 Å². The van der Waals surface area contributed by atoms with Gasteiger partial charge in [0.25, 0.3) is 0 Å². The molecule has 130 valence electrons. The Balaban J connectivity index is 1.53. The van der Waals surface area contributed by atoms with Crippen molar-refractivity contribution in [2.24, 2.45) is 0 Å². The molecule has 0 amide bonds. The molecule has 2 N–H and O–H groups in total. The minimum absolute atomic E-state index is 0.409. The number of benzene rings is 2. The highest BCUT2D eigenvalue weighted by Gasteiger charge is 2.27. The molecule has 0 aliphatic heterocycles. The molecule has 1 aliphatic rings. The molecule has 0 radical (unpaired) electrons. The van der Waals surface area contributed by atoms with Gasteiger partial charge in [-0.15, -0.1) is 4.72 Å². The highest BCUT2D eigenvalue weighted by Crippen LogP contribution is 2.36. The van der Waals surface area contributed by atoms with Crippen LogP contribution in [0.25, 0.3) is 11.0 Å². The van der Waals surface area contributed by atoms with Crippen LogP contribution in [0.4, 0.5) is 0 Å². The largest absolute Gasteiger partial charge is 0.593 e. The Kier molecular flexibility index (Phi) is 5.01. The van der Waals surface area contributed by atoms with Crippen molar-refractivity contribution < 1.29 is 4.55 Å². The Bertz CT molecular complexity index is 928. The number of imidazole rings is 1. The number of H-pyrrole nitrogens is 1. The quantitative estimate of drug-likeness (QED) is 0.417. The molecule has 8 heteroatoms. The highest BCUT2D eigenvalue weighted by molar-refractivity contribution is 9.10. The number of halogens is 3. The molecule has 4 nitrogen and oxygen atoms in total. The number of rotatable bonds is 5. The monoisotopic (exact) mass is 457 g/mol. The van der Waals surface area contributed by atoms with Crippen LogP contribution in [0.5, 0.6) is 0 Å². The van der Waals surface area contributed by atoms with Crippen molar-refractivity contribution in [3.05, 3.63) is 56.2 Å². The number of hydrogen-bond donors (Lipinski definition) is 2. The van der Waals surface area contributed by atoms with E-state index < -0.39 is 11.4 Å². The van der Waals surface area contributed by atoms with Crippen molar-refractivity contribution in [2.45, 2.75) is 30.2 Å². The molecule has 1 aliphatic carbocycles. The zero-order chi connectivity index (χ0) is 17.6. The summed E-state index contributed by atoms with van der Waals surface area (Å²) in [6.45, 7) is 0. The van der Waals surface area contributed by atoms with Gasteiger partial charge in [0.05, 0.1) is 37.4 Å². The van der Waals surface area contributed by atoms with E-state index in [1.807, 2.05) is 24.3 Å². The maximum Gasteiger partial charge on any atom is 0.173 e. The van der Waals surface area contributed by atoms with Gasteiger partial charge in [0, 0.05) is 6.42 Å². The van der Waals surface area contributed by atoms with Gasteiger partial charge in [0.2, 0.25) is 0 Å². The number of aromatic amines is 1. The van der Waals surface area contributed by atoms with E-state index in [4.69, 9.17) is 23.2 Å². The van der Waals surface area contributed by atoms with Gasteiger partial charge in [-0.05, 0) is 52.5 Å². The van der Waals surface area contributed by atoms with E-state index in [0.717, 1.165) is 34.6 Å². The Hall–Kier alpha value is -0.760. The molecule has 4 rings (SSSR count). The second-order valence-corrected chi connectivity index (χ2v) is 8.87. The summed E-state index contributed by atoms with van der Waals surface area (Å²) < 4.78 is 15.9. The summed E-state index contributed by atoms with van der Waals surface area (Å²) in [4.78, 5) is 8.61. The Labute approximate surface area is 166 Å². The smallest absolute Gasteiger partial charge is 0.173 e. The number of aromatic nitrogens is 2. The lowest BCUT2D eigenvalue weighted by atomic mass is 10.1. The molecular weight excluding hydrogens is 445 g/mol. The van der Waals surface area contributed by atoms with Crippen molar-refractivity contribution in [3.8, 4) is 0 Å². The van der Waals surface area contributed by atoms with Gasteiger partial charge in [-0.2, -0.15) is 0 Å². The summed E-state index contributed by atoms with van der Waals surface area (Å²) in [5.74, 6) is 0.802. The van der Waals surface area contributed by atoms with Crippen LogP contribution in [-0.2, 0) is 17.8 Å². The summed E-state index contributed by atoms with van der Waals surface area (Å²) in [7, 11) is 0. The Morgan fingerprint density at radius 1 is 1.28 bits per heavy atom. The highest BCUT2D eigenvalue weighted by atomic mass is 79.9. The number of nitrogens with zero attached hydrogens (tertiary/aromatic N) is 1. The molecule has 25 heavy (non-hydrogen) atoms. The van der Waals surface area contributed by atoms with Crippen LogP contribution in [0.3, 0.4) is 0 Å². The van der Waals surface area contributed by atoms with Gasteiger partial charge in [0.1, 0.15) is 11.3 Å². The predicted molar refractivity (Wildman–Crippen MR) is 106 cm³/mol. The molecule has 0 saturated heterocycles. The van der Waals surface area contributed by atoms with E-state index in [1.165, 1.54) is 0 Å². The minimum atomic E-state index is -1.14. The molecular formula is C17H14BrCl2N3OS. The number of fused-ring (bicyclic) bond motifs is 1. The first-order chi connectivity index (χ1) is 12.0. The van der Waals surface area contributed by atoms with E-state index in [0.29, 0.717) is 32.5 Å². The van der Waals surface area contributed by atoms with Crippen molar-refractivity contribution in [3.63, 3.8) is 0 Å². The fourth-order valence-electron chi connectivity index (χ4n) is 2.54. The Morgan fingerprint density at radius 2 is 2.00 bits per heavy atom. The van der Waals surface area contributed by atoms with Crippen molar-refractivity contribution in [1.29, 1.82) is 0 Å². The average Bonchev–Trinajstić information content (AvgIpc) is 3.32. The zero-order valence-corrected chi connectivity index (χ0v) is 16.9. The van der Waals surface area contributed by atoms with E-state index in [1.54, 1.807) is 6.07 Å². The standard InChI is InChI=1S/C17H14BrCl2N3OS/c18-15-12(19)8-13-17(16(15)20)22-14(21-13)7-9-1-5-11(6-2-9)25(24)23-10-3-4-10/h1-2,5-6,8,10,23H,3-4,7H2,(H,21,22). The van der Waals surface area contributed by atoms with Gasteiger partial charge < -0.3 is 9.54 Å². The molecule has 3 aromatic rings. The van der Waals surface area contributed by atoms with Gasteiger partial charge in [-0.1, -0.05) is 35.3 Å². The number of nitrogens with one attached hydrogen (secondary N) is 2. The topological polar surface area (TPSA) is 63.8 Å². The first-order valence-electron chi connectivity index (χ1n) is 7.80. The molecule has 1 fully saturated rings. The minimum Gasteiger partial charge on any atom is -0.593 e. The Morgan fingerprint density at radius 3 is 2.68 bits per heavy atom. The van der Waals surface area contributed by atoms with Crippen LogP contribution in [0.2, 0.25) is 10.0 Å². The summed E-state index contributed by atoms with van der Waals surface area (Å²) in [6, 6.07) is 9.94. The maximum atomic E-state index is 12.1. The molecule has 1 unspecified atom stereocenters. The summed E-state index contributed by atoms with van der Waals surface area (Å²) >= 11 is 14.7. The molecule has 2 aromatic carbocycles. The summed E-state index contributed by atoms with van der Waals surface area (Å²) in [5.41, 5.74) is 2.58. The SMILES string of the molecule is [O-][S+](NC1CC1)c1ccc(Cc2nc3c(Cl)c(Br)c(Cl)cc3[nH]2)cc1. The second kappa shape index (κ2) is 7.10. The van der Waals surface area contributed by atoms with Gasteiger partial charge >= 0.3 is 0 Å². The van der Waals surface area contributed by atoms with Crippen LogP contribution in [0.15, 0.2) is 39.7 Å². The van der Waals surface area contributed by atoms with Crippen LogP contribution in [0, 0.1) is 0 Å². The molecule has 1 saturated carbocycles. The molecule has 0 bridgehead atoms. The number of hydrogen-bond acceptors (Lipinski definition) is 3.